The zero-order valence-corrected chi connectivity index (χ0v) is 10.3. The van der Waals surface area contributed by atoms with Crippen LogP contribution in [0.4, 0.5) is 0 Å². The molecule has 0 aliphatic rings. The Balaban J connectivity index is 2.46. The fraction of sp³-hybridized carbons (Fsp3) is 0. The van der Waals surface area contributed by atoms with Crippen molar-refractivity contribution in [2.24, 2.45) is 0 Å². The average molecular weight is 266 g/mol. The van der Waals surface area contributed by atoms with E-state index in [1.165, 1.54) is 12.1 Å². The van der Waals surface area contributed by atoms with E-state index >= 15 is 0 Å². The van der Waals surface area contributed by atoms with Crippen molar-refractivity contribution >= 4 is 33.5 Å². The van der Waals surface area contributed by atoms with E-state index in [1.54, 1.807) is 6.07 Å². The van der Waals surface area contributed by atoms with E-state index in [9.17, 15) is 14.7 Å². The first kappa shape index (κ1) is 12.2. The van der Waals surface area contributed by atoms with E-state index < -0.39 is 11.9 Å². The molecule has 4 nitrogen and oxygen atoms in total. The van der Waals surface area contributed by atoms with Crippen molar-refractivity contribution in [2.45, 2.75) is 0 Å². The second-order valence-corrected chi connectivity index (χ2v) is 4.55. The van der Waals surface area contributed by atoms with Gasteiger partial charge in [-0.05, 0) is 45.8 Å². The molecule has 0 aliphatic carbocycles. The van der Waals surface area contributed by atoms with Gasteiger partial charge in [-0.15, -0.1) is 0 Å². The first-order valence-electron chi connectivity index (χ1n) is 5.99. The third-order valence-electron chi connectivity index (χ3n) is 3.30. The maximum atomic E-state index is 11.3. The summed E-state index contributed by atoms with van der Waals surface area (Å²) in [4.78, 5) is 22.4. The minimum absolute atomic E-state index is 0.00523. The van der Waals surface area contributed by atoms with E-state index in [0.29, 0.717) is 10.8 Å². The van der Waals surface area contributed by atoms with E-state index in [-0.39, 0.29) is 11.1 Å². The SMILES string of the molecule is O=C(O)c1cc(C(=O)O)c2cc3ccccc3cc2c1. The van der Waals surface area contributed by atoms with Crippen LogP contribution in [0.15, 0.2) is 48.5 Å². The van der Waals surface area contributed by atoms with Gasteiger partial charge in [0.15, 0.2) is 0 Å². The second-order valence-electron chi connectivity index (χ2n) is 4.55. The van der Waals surface area contributed by atoms with Gasteiger partial charge in [-0.3, -0.25) is 0 Å². The van der Waals surface area contributed by atoms with Crippen LogP contribution in [0.2, 0.25) is 0 Å². The van der Waals surface area contributed by atoms with Crippen molar-refractivity contribution in [1.29, 1.82) is 0 Å². The van der Waals surface area contributed by atoms with Crippen LogP contribution in [0.3, 0.4) is 0 Å². The van der Waals surface area contributed by atoms with Crippen molar-refractivity contribution in [3.05, 3.63) is 59.7 Å². The molecule has 0 saturated carbocycles. The van der Waals surface area contributed by atoms with Crippen molar-refractivity contribution in [1.82, 2.24) is 0 Å². The minimum Gasteiger partial charge on any atom is -0.478 e. The molecule has 3 rings (SSSR count). The van der Waals surface area contributed by atoms with Crippen molar-refractivity contribution in [2.75, 3.05) is 0 Å². The molecule has 0 aliphatic heterocycles. The van der Waals surface area contributed by atoms with E-state index in [4.69, 9.17) is 5.11 Å². The third-order valence-corrected chi connectivity index (χ3v) is 3.30. The summed E-state index contributed by atoms with van der Waals surface area (Å²) in [5.74, 6) is -2.27. The number of hydrogen-bond donors (Lipinski definition) is 2. The highest BCUT2D eigenvalue weighted by Crippen LogP contribution is 2.27. The van der Waals surface area contributed by atoms with Crippen molar-refractivity contribution < 1.29 is 19.8 Å². The standard InChI is InChI=1S/C16H10O4/c17-15(18)12-6-11-5-9-3-1-2-4-10(9)7-13(11)14(8-12)16(19)20/h1-8H,(H,17,18)(H,19,20). The third kappa shape index (κ3) is 1.87. The van der Waals surface area contributed by atoms with E-state index in [2.05, 4.69) is 0 Å². The summed E-state index contributed by atoms with van der Waals surface area (Å²) < 4.78 is 0. The summed E-state index contributed by atoms with van der Waals surface area (Å²) in [5, 5.41) is 21.4. The summed E-state index contributed by atoms with van der Waals surface area (Å²) in [6, 6.07) is 13.8. The first-order chi connectivity index (χ1) is 9.56. The number of rotatable bonds is 2. The summed E-state index contributed by atoms with van der Waals surface area (Å²) in [6.07, 6.45) is 0. The summed E-state index contributed by atoms with van der Waals surface area (Å²) in [5.41, 5.74) is -0.0177. The number of benzene rings is 3. The Bertz CT molecular complexity index is 865. The molecule has 0 amide bonds. The topological polar surface area (TPSA) is 74.6 Å². The lowest BCUT2D eigenvalue weighted by Gasteiger charge is -2.07. The zero-order chi connectivity index (χ0) is 14.3. The van der Waals surface area contributed by atoms with Gasteiger partial charge in [0.2, 0.25) is 0 Å². The molecule has 0 bridgehead atoms. The maximum Gasteiger partial charge on any atom is 0.336 e. The minimum atomic E-state index is -1.14. The predicted octanol–water partition coefficient (Wildman–Crippen LogP) is 3.39. The van der Waals surface area contributed by atoms with Crippen molar-refractivity contribution in [3.8, 4) is 0 Å². The number of aromatic carboxylic acids is 2. The highest BCUT2D eigenvalue weighted by molar-refractivity contribution is 6.10. The lowest BCUT2D eigenvalue weighted by atomic mass is 9.97. The van der Waals surface area contributed by atoms with Gasteiger partial charge in [-0.2, -0.15) is 0 Å². The van der Waals surface area contributed by atoms with Crippen LogP contribution in [0.25, 0.3) is 21.5 Å². The summed E-state index contributed by atoms with van der Waals surface area (Å²) >= 11 is 0. The van der Waals surface area contributed by atoms with Gasteiger partial charge in [-0.1, -0.05) is 24.3 Å². The molecule has 20 heavy (non-hydrogen) atoms. The molecular formula is C16H10O4. The molecule has 4 heteroatoms. The molecular weight excluding hydrogens is 256 g/mol. The zero-order valence-electron chi connectivity index (χ0n) is 10.3. The van der Waals surface area contributed by atoms with Gasteiger partial charge in [0.05, 0.1) is 11.1 Å². The summed E-state index contributed by atoms with van der Waals surface area (Å²) in [7, 11) is 0. The molecule has 3 aromatic carbocycles. The molecule has 98 valence electrons. The van der Waals surface area contributed by atoms with Gasteiger partial charge in [0.1, 0.15) is 0 Å². The van der Waals surface area contributed by atoms with Gasteiger partial charge >= 0.3 is 11.9 Å². The monoisotopic (exact) mass is 266 g/mol. The molecule has 0 saturated heterocycles. The van der Waals surface area contributed by atoms with Crippen LogP contribution < -0.4 is 0 Å². The predicted molar refractivity (Wildman–Crippen MR) is 75.4 cm³/mol. The first-order valence-corrected chi connectivity index (χ1v) is 5.99. The van der Waals surface area contributed by atoms with Crippen LogP contribution in [0.1, 0.15) is 20.7 Å². The molecule has 0 unspecified atom stereocenters. The normalized spacial score (nSPS) is 10.8. The Labute approximate surface area is 113 Å². The Hall–Kier alpha value is -2.88. The molecule has 3 aromatic rings. The Kier molecular flexibility index (Phi) is 2.64. The van der Waals surface area contributed by atoms with Crippen LogP contribution in [-0.2, 0) is 0 Å². The number of carbonyl (C=O) groups is 2. The quantitative estimate of drug-likeness (QED) is 0.697. The molecule has 2 N–H and O–H groups in total. The van der Waals surface area contributed by atoms with E-state index in [1.807, 2.05) is 30.3 Å². The van der Waals surface area contributed by atoms with Crippen LogP contribution >= 0.6 is 0 Å². The highest BCUT2D eigenvalue weighted by Gasteiger charge is 2.14. The van der Waals surface area contributed by atoms with Crippen LogP contribution in [0.5, 0.6) is 0 Å². The fourth-order valence-corrected chi connectivity index (χ4v) is 2.35. The number of hydrogen-bond acceptors (Lipinski definition) is 2. The maximum absolute atomic E-state index is 11.3. The van der Waals surface area contributed by atoms with Gasteiger partial charge < -0.3 is 10.2 Å². The molecule has 0 fully saturated rings. The fourth-order valence-electron chi connectivity index (χ4n) is 2.35. The van der Waals surface area contributed by atoms with Crippen molar-refractivity contribution in [3.63, 3.8) is 0 Å². The lowest BCUT2D eigenvalue weighted by molar-refractivity contribution is 0.0696. The molecule has 0 atom stereocenters. The number of carboxylic acid groups (broad SMARTS) is 2. The van der Waals surface area contributed by atoms with Gasteiger partial charge in [0, 0.05) is 0 Å². The Morgan fingerprint density at radius 1 is 0.750 bits per heavy atom. The van der Waals surface area contributed by atoms with Crippen LogP contribution in [-0.4, -0.2) is 22.2 Å². The Morgan fingerprint density at radius 3 is 2.00 bits per heavy atom. The highest BCUT2D eigenvalue weighted by atomic mass is 16.4. The average Bonchev–Trinajstić information content (AvgIpc) is 2.43. The molecule has 0 radical (unpaired) electrons. The smallest absolute Gasteiger partial charge is 0.336 e. The molecule has 0 aromatic heterocycles. The Morgan fingerprint density at radius 2 is 1.40 bits per heavy atom. The van der Waals surface area contributed by atoms with Gasteiger partial charge in [0.25, 0.3) is 0 Å². The summed E-state index contributed by atoms with van der Waals surface area (Å²) in [6.45, 7) is 0. The number of fused-ring (bicyclic) bond motifs is 2. The molecule has 0 heterocycles. The van der Waals surface area contributed by atoms with E-state index in [0.717, 1.165) is 10.8 Å². The largest absolute Gasteiger partial charge is 0.478 e. The van der Waals surface area contributed by atoms with Crippen LogP contribution in [0, 0.1) is 0 Å². The number of carboxylic acids is 2. The lowest BCUT2D eigenvalue weighted by Crippen LogP contribution is -2.03. The molecule has 0 spiro atoms. The van der Waals surface area contributed by atoms with Gasteiger partial charge in [-0.25, -0.2) is 9.59 Å². The second kappa shape index (κ2) is 4.35.